The number of benzene rings is 1. The molecule has 0 radical (unpaired) electrons. The zero-order valence-corrected chi connectivity index (χ0v) is 13.1. The molecule has 2 N–H and O–H groups in total. The minimum absolute atomic E-state index is 0.326. The van der Waals surface area contributed by atoms with E-state index < -0.39 is 0 Å². The largest absolute Gasteiger partial charge is 0.497 e. The lowest BCUT2D eigenvalue weighted by molar-refractivity contribution is 0.211. The smallest absolute Gasteiger partial charge is 0.120 e. The third kappa shape index (κ3) is 5.56. The number of anilines is 1. The molecular formula is C17H28N2O2. The van der Waals surface area contributed by atoms with Gasteiger partial charge in [-0.05, 0) is 50.8 Å². The predicted octanol–water partition coefficient (Wildman–Crippen LogP) is 2.73. The van der Waals surface area contributed by atoms with Gasteiger partial charge in [-0.1, -0.05) is 6.07 Å². The van der Waals surface area contributed by atoms with Crippen LogP contribution in [0.2, 0.25) is 0 Å². The van der Waals surface area contributed by atoms with Gasteiger partial charge in [-0.3, -0.25) is 0 Å². The summed E-state index contributed by atoms with van der Waals surface area (Å²) in [5.41, 5.74) is 1.15. The van der Waals surface area contributed by atoms with Crippen molar-refractivity contribution in [2.45, 2.75) is 38.1 Å². The van der Waals surface area contributed by atoms with Crippen molar-refractivity contribution in [2.24, 2.45) is 0 Å². The van der Waals surface area contributed by atoms with Crippen LogP contribution < -0.4 is 10.1 Å². The van der Waals surface area contributed by atoms with Gasteiger partial charge in [0.1, 0.15) is 5.75 Å². The first-order valence-corrected chi connectivity index (χ1v) is 8.05. The zero-order valence-electron chi connectivity index (χ0n) is 13.1. The molecule has 0 aliphatic carbocycles. The fourth-order valence-electron chi connectivity index (χ4n) is 2.87. The topological polar surface area (TPSA) is 44.7 Å². The Morgan fingerprint density at radius 3 is 2.76 bits per heavy atom. The molecule has 0 bridgehead atoms. The Morgan fingerprint density at radius 1 is 1.24 bits per heavy atom. The lowest BCUT2D eigenvalue weighted by atomic mass is 10.0. The molecule has 4 heteroatoms. The Morgan fingerprint density at radius 2 is 2.05 bits per heavy atom. The summed E-state index contributed by atoms with van der Waals surface area (Å²) >= 11 is 0. The number of likely N-dealkylation sites (tertiary alicyclic amines) is 1. The van der Waals surface area contributed by atoms with Gasteiger partial charge >= 0.3 is 0 Å². The number of hydrogen-bond acceptors (Lipinski definition) is 4. The Kier molecular flexibility index (Phi) is 6.83. The summed E-state index contributed by atoms with van der Waals surface area (Å²) in [4.78, 5) is 2.54. The van der Waals surface area contributed by atoms with Crippen molar-refractivity contribution in [2.75, 3.05) is 38.7 Å². The summed E-state index contributed by atoms with van der Waals surface area (Å²) in [5, 5.41) is 12.4. The van der Waals surface area contributed by atoms with Gasteiger partial charge < -0.3 is 20.1 Å². The first kappa shape index (κ1) is 16.1. The van der Waals surface area contributed by atoms with Gasteiger partial charge in [0.25, 0.3) is 0 Å². The summed E-state index contributed by atoms with van der Waals surface area (Å²) in [6.45, 7) is 3.83. The van der Waals surface area contributed by atoms with Crippen LogP contribution in [0.1, 0.15) is 32.1 Å². The molecule has 2 rings (SSSR count). The molecule has 0 atom stereocenters. The minimum atomic E-state index is 0.326. The standard InChI is InChI=1S/C17H28N2O2/c1-21-17-7-5-6-16(14-17)18-15-8-11-19(12-9-15)10-3-2-4-13-20/h5-7,14-15,18,20H,2-4,8-13H2,1H3. The predicted molar refractivity (Wildman–Crippen MR) is 87.0 cm³/mol. The van der Waals surface area contributed by atoms with E-state index in [9.17, 15) is 0 Å². The van der Waals surface area contributed by atoms with E-state index in [2.05, 4.69) is 22.3 Å². The number of aliphatic hydroxyl groups is 1. The normalized spacial score (nSPS) is 16.9. The lowest BCUT2D eigenvalue weighted by Crippen LogP contribution is -2.39. The molecule has 4 nitrogen and oxygen atoms in total. The van der Waals surface area contributed by atoms with Crippen molar-refractivity contribution in [3.63, 3.8) is 0 Å². The molecule has 0 unspecified atom stereocenters. The highest BCUT2D eigenvalue weighted by molar-refractivity contribution is 5.48. The molecule has 118 valence electrons. The molecule has 0 spiro atoms. The number of rotatable bonds is 8. The van der Waals surface area contributed by atoms with Crippen LogP contribution >= 0.6 is 0 Å². The Labute approximate surface area is 128 Å². The fraction of sp³-hybridized carbons (Fsp3) is 0.647. The number of hydrogen-bond donors (Lipinski definition) is 2. The summed E-state index contributed by atoms with van der Waals surface area (Å²) in [7, 11) is 1.70. The van der Waals surface area contributed by atoms with E-state index in [1.807, 2.05) is 12.1 Å². The fourth-order valence-corrected chi connectivity index (χ4v) is 2.87. The Hall–Kier alpha value is -1.26. The molecule has 1 fully saturated rings. The molecule has 0 aromatic heterocycles. The summed E-state index contributed by atoms with van der Waals surface area (Å²) < 4.78 is 5.26. The highest BCUT2D eigenvalue weighted by Crippen LogP contribution is 2.21. The second-order valence-electron chi connectivity index (χ2n) is 5.78. The van der Waals surface area contributed by atoms with Crippen molar-refractivity contribution >= 4 is 5.69 Å². The summed E-state index contributed by atoms with van der Waals surface area (Å²) in [5.74, 6) is 0.904. The molecule has 1 aromatic rings. The third-order valence-electron chi connectivity index (χ3n) is 4.16. The van der Waals surface area contributed by atoms with Crippen molar-refractivity contribution in [3.05, 3.63) is 24.3 Å². The second kappa shape index (κ2) is 8.90. The van der Waals surface area contributed by atoms with Crippen LogP contribution in [0.25, 0.3) is 0 Å². The summed E-state index contributed by atoms with van der Waals surface area (Å²) in [6, 6.07) is 8.72. The van der Waals surface area contributed by atoms with Gasteiger partial charge in [0, 0.05) is 37.5 Å². The quantitative estimate of drug-likeness (QED) is 0.723. The number of methoxy groups -OCH3 is 1. The molecule has 1 saturated heterocycles. The minimum Gasteiger partial charge on any atom is -0.497 e. The number of aliphatic hydroxyl groups excluding tert-OH is 1. The van der Waals surface area contributed by atoms with Crippen LogP contribution in [-0.4, -0.2) is 49.4 Å². The third-order valence-corrected chi connectivity index (χ3v) is 4.16. The van der Waals surface area contributed by atoms with Gasteiger partial charge in [0.05, 0.1) is 7.11 Å². The molecule has 1 aromatic carbocycles. The highest BCUT2D eigenvalue weighted by atomic mass is 16.5. The van der Waals surface area contributed by atoms with Crippen LogP contribution in [0.15, 0.2) is 24.3 Å². The van der Waals surface area contributed by atoms with Gasteiger partial charge in [0.2, 0.25) is 0 Å². The van der Waals surface area contributed by atoms with E-state index in [0.717, 1.165) is 24.3 Å². The van der Waals surface area contributed by atoms with Crippen LogP contribution in [0.3, 0.4) is 0 Å². The molecule has 1 aliphatic rings. The van der Waals surface area contributed by atoms with E-state index in [0.29, 0.717) is 12.6 Å². The average Bonchev–Trinajstić information content (AvgIpc) is 2.53. The first-order chi connectivity index (χ1) is 10.3. The maximum Gasteiger partial charge on any atom is 0.120 e. The monoisotopic (exact) mass is 292 g/mol. The van der Waals surface area contributed by atoms with Crippen molar-refractivity contribution < 1.29 is 9.84 Å². The molecule has 0 saturated carbocycles. The highest BCUT2D eigenvalue weighted by Gasteiger charge is 2.18. The molecular weight excluding hydrogens is 264 g/mol. The van der Waals surface area contributed by atoms with Gasteiger partial charge in [-0.15, -0.1) is 0 Å². The van der Waals surface area contributed by atoms with Crippen LogP contribution in [-0.2, 0) is 0 Å². The van der Waals surface area contributed by atoms with E-state index in [4.69, 9.17) is 9.84 Å². The van der Waals surface area contributed by atoms with Crippen LogP contribution in [0.4, 0.5) is 5.69 Å². The van der Waals surface area contributed by atoms with E-state index in [1.54, 1.807) is 7.11 Å². The number of unbranched alkanes of at least 4 members (excludes halogenated alkanes) is 2. The number of piperidine rings is 1. The summed E-state index contributed by atoms with van der Waals surface area (Å²) in [6.07, 6.45) is 5.66. The zero-order chi connectivity index (χ0) is 14.9. The second-order valence-corrected chi connectivity index (χ2v) is 5.78. The number of nitrogens with one attached hydrogen (secondary N) is 1. The van der Waals surface area contributed by atoms with E-state index >= 15 is 0 Å². The molecule has 1 aliphatic heterocycles. The van der Waals surface area contributed by atoms with E-state index in [-0.39, 0.29) is 0 Å². The molecule has 1 heterocycles. The Bertz CT molecular complexity index is 404. The van der Waals surface area contributed by atoms with Crippen molar-refractivity contribution in [1.29, 1.82) is 0 Å². The molecule has 0 amide bonds. The van der Waals surface area contributed by atoms with Crippen molar-refractivity contribution in [1.82, 2.24) is 4.90 Å². The first-order valence-electron chi connectivity index (χ1n) is 8.05. The SMILES string of the molecule is COc1cccc(NC2CCN(CCCCCO)CC2)c1. The maximum absolute atomic E-state index is 8.78. The number of nitrogens with zero attached hydrogens (tertiary/aromatic N) is 1. The van der Waals surface area contributed by atoms with E-state index in [1.165, 1.54) is 38.9 Å². The molecule has 21 heavy (non-hydrogen) atoms. The number of ether oxygens (including phenoxy) is 1. The van der Waals surface area contributed by atoms with Gasteiger partial charge in [-0.2, -0.15) is 0 Å². The average molecular weight is 292 g/mol. The lowest BCUT2D eigenvalue weighted by Gasteiger charge is -2.32. The Balaban J connectivity index is 1.68. The van der Waals surface area contributed by atoms with Crippen LogP contribution in [0.5, 0.6) is 5.75 Å². The van der Waals surface area contributed by atoms with Crippen LogP contribution in [0, 0.1) is 0 Å². The van der Waals surface area contributed by atoms with Gasteiger partial charge in [0.15, 0.2) is 0 Å². The maximum atomic E-state index is 8.78. The van der Waals surface area contributed by atoms with Crippen molar-refractivity contribution in [3.8, 4) is 5.75 Å². The van der Waals surface area contributed by atoms with Gasteiger partial charge in [-0.25, -0.2) is 0 Å².